The Balaban J connectivity index is 2.09. The monoisotopic (exact) mass is 266 g/mol. The SMILES string of the molecule is CNC1CCCN(Cc2c(C)cc(Cl)cc2C)C1. The summed E-state index contributed by atoms with van der Waals surface area (Å²) in [6, 6.07) is 4.79. The molecule has 100 valence electrons. The molecule has 1 aliphatic heterocycles. The number of nitrogens with zero attached hydrogens (tertiary/aromatic N) is 1. The maximum absolute atomic E-state index is 6.09. The van der Waals surface area contributed by atoms with E-state index in [9.17, 15) is 0 Å². The zero-order valence-electron chi connectivity index (χ0n) is 11.6. The number of piperidine rings is 1. The minimum absolute atomic E-state index is 0.645. The standard InChI is InChI=1S/C15H23ClN2/c1-11-7-13(16)8-12(2)15(11)10-18-6-4-5-14(9-18)17-3/h7-8,14,17H,4-6,9-10H2,1-3H3. The fourth-order valence-corrected chi connectivity index (χ4v) is 3.18. The lowest BCUT2D eigenvalue weighted by atomic mass is 10.00. The molecular weight excluding hydrogens is 244 g/mol. The number of hydrogen-bond acceptors (Lipinski definition) is 2. The van der Waals surface area contributed by atoms with E-state index in [2.05, 4.69) is 43.2 Å². The van der Waals surface area contributed by atoms with Crippen LogP contribution in [0.15, 0.2) is 12.1 Å². The number of benzene rings is 1. The largest absolute Gasteiger partial charge is 0.316 e. The second-order valence-electron chi connectivity index (χ2n) is 5.38. The van der Waals surface area contributed by atoms with E-state index >= 15 is 0 Å². The van der Waals surface area contributed by atoms with Crippen molar-refractivity contribution in [1.82, 2.24) is 10.2 Å². The minimum atomic E-state index is 0.645. The molecule has 0 saturated carbocycles. The second-order valence-corrected chi connectivity index (χ2v) is 5.82. The average molecular weight is 267 g/mol. The quantitative estimate of drug-likeness (QED) is 0.904. The van der Waals surface area contributed by atoms with Crippen LogP contribution >= 0.6 is 11.6 Å². The molecule has 0 spiro atoms. The summed E-state index contributed by atoms with van der Waals surface area (Å²) in [5.41, 5.74) is 4.06. The molecule has 1 aromatic carbocycles. The van der Waals surface area contributed by atoms with Crippen LogP contribution in [0.25, 0.3) is 0 Å². The van der Waals surface area contributed by atoms with Gasteiger partial charge in [0, 0.05) is 24.2 Å². The van der Waals surface area contributed by atoms with Crippen molar-refractivity contribution in [3.63, 3.8) is 0 Å². The summed E-state index contributed by atoms with van der Waals surface area (Å²) >= 11 is 6.09. The second kappa shape index (κ2) is 6.05. The zero-order valence-corrected chi connectivity index (χ0v) is 12.3. The summed E-state index contributed by atoms with van der Waals surface area (Å²) in [4.78, 5) is 2.55. The molecule has 0 amide bonds. The van der Waals surface area contributed by atoms with Crippen LogP contribution in [0.4, 0.5) is 0 Å². The van der Waals surface area contributed by atoms with Gasteiger partial charge in [0.05, 0.1) is 0 Å². The molecule has 1 aromatic rings. The lowest BCUT2D eigenvalue weighted by Gasteiger charge is -2.33. The summed E-state index contributed by atoms with van der Waals surface area (Å²) in [7, 11) is 2.06. The summed E-state index contributed by atoms with van der Waals surface area (Å²) in [6.07, 6.45) is 2.59. The number of halogens is 1. The third kappa shape index (κ3) is 3.25. The van der Waals surface area contributed by atoms with Crippen molar-refractivity contribution >= 4 is 11.6 Å². The van der Waals surface area contributed by atoms with Crippen molar-refractivity contribution in [2.75, 3.05) is 20.1 Å². The Hall–Kier alpha value is -0.570. The van der Waals surface area contributed by atoms with Crippen LogP contribution in [0.1, 0.15) is 29.5 Å². The van der Waals surface area contributed by atoms with Crippen LogP contribution in [0.3, 0.4) is 0 Å². The number of hydrogen-bond donors (Lipinski definition) is 1. The third-order valence-corrected chi connectivity index (χ3v) is 4.17. The van der Waals surface area contributed by atoms with Gasteiger partial charge >= 0.3 is 0 Å². The van der Waals surface area contributed by atoms with Crippen molar-refractivity contribution in [1.29, 1.82) is 0 Å². The Kier molecular flexibility index (Phi) is 4.66. The van der Waals surface area contributed by atoms with Gasteiger partial charge in [-0.3, -0.25) is 4.90 Å². The molecule has 1 N–H and O–H groups in total. The first-order valence-electron chi connectivity index (χ1n) is 6.75. The molecule has 1 saturated heterocycles. The molecule has 1 unspecified atom stereocenters. The van der Waals surface area contributed by atoms with Crippen LogP contribution in [0.2, 0.25) is 5.02 Å². The highest BCUT2D eigenvalue weighted by Gasteiger charge is 2.19. The summed E-state index contributed by atoms with van der Waals surface area (Å²) in [6.45, 7) is 7.73. The van der Waals surface area contributed by atoms with Crippen LogP contribution in [-0.4, -0.2) is 31.1 Å². The topological polar surface area (TPSA) is 15.3 Å². The first-order valence-corrected chi connectivity index (χ1v) is 7.13. The summed E-state index contributed by atoms with van der Waals surface area (Å²) < 4.78 is 0. The lowest BCUT2D eigenvalue weighted by molar-refractivity contribution is 0.187. The van der Waals surface area contributed by atoms with Gasteiger partial charge in [-0.05, 0) is 69.1 Å². The molecular formula is C15H23ClN2. The first kappa shape index (κ1) is 13.9. The van der Waals surface area contributed by atoms with Crippen molar-refractivity contribution in [3.05, 3.63) is 33.8 Å². The number of nitrogens with one attached hydrogen (secondary N) is 1. The number of rotatable bonds is 3. The van der Waals surface area contributed by atoms with Crippen molar-refractivity contribution in [3.8, 4) is 0 Å². The first-order chi connectivity index (χ1) is 8.60. The van der Waals surface area contributed by atoms with Gasteiger partial charge in [-0.1, -0.05) is 11.6 Å². The van der Waals surface area contributed by atoms with Gasteiger partial charge in [0.15, 0.2) is 0 Å². The van der Waals surface area contributed by atoms with Crippen molar-refractivity contribution in [2.24, 2.45) is 0 Å². The normalized spacial score (nSPS) is 21.2. The van der Waals surface area contributed by atoms with Crippen molar-refractivity contribution < 1.29 is 0 Å². The predicted octanol–water partition coefficient (Wildman–Crippen LogP) is 3.14. The van der Waals surface area contributed by atoms with Gasteiger partial charge < -0.3 is 5.32 Å². The minimum Gasteiger partial charge on any atom is -0.316 e. The number of aryl methyl sites for hydroxylation is 2. The smallest absolute Gasteiger partial charge is 0.0411 e. The number of likely N-dealkylation sites (N-methyl/N-ethyl adjacent to an activating group) is 1. The highest BCUT2D eigenvalue weighted by Crippen LogP contribution is 2.23. The molecule has 18 heavy (non-hydrogen) atoms. The van der Waals surface area contributed by atoms with E-state index in [0.717, 1.165) is 18.1 Å². The van der Waals surface area contributed by atoms with E-state index in [-0.39, 0.29) is 0 Å². The average Bonchev–Trinajstić information content (AvgIpc) is 2.34. The van der Waals surface area contributed by atoms with Gasteiger partial charge in [0.2, 0.25) is 0 Å². The van der Waals surface area contributed by atoms with Gasteiger partial charge in [-0.2, -0.15) is 0 Å². The molecule has 2 rings (SSSR count). The highest BCUT2D eigenvalue weighted by atomic mass is 35.5. The lowest BCUT2D eigenvalue weighted by Crippen LogP contribution is -2.44. The van der Waals surface area contributed by atoms with Crippen LogP contribution in [0.5, 0.6) is 0 Å². The molecule has 0 aliphatic carbocycles. The molecule has 1 aliphatic rings. The molecule has 0 aromatic heterocycles. The van der Waals surface area contributed by atoms with Crippen LogP contribution < -0.4 is 5.32 Å². The highest BCUT2D eigenvalue weighted by molar-refractivity contribution is 6.30. The molecule has 2 nitrogen and oxygen atoms in total. The summed E-state index contributed by atoms with van der Waals surface area (Å²) in [5.74, 6) is 0. The Morgan fingerprint density at radius 2 is 2.00 bits per heavy atom. The Morgan fingerprint density at radius 3 is 2.61 bits per heavy atom. The van der Waals surface area contributed by atoms with E-state index in [1.54, 1.807) is 0 Å². The van der Waals surface area contributed by atoms with Gasteiger partial charge in [0.1, 0.15) is 0 Å². The molecule has 0 radical (unpaired) electrons. The fraction of sp³-hybridized carbons (Fsp3) is 0.600. The van der Waals surface area contributed by atoms with Gasteiger partial charge in [0.25, 0.3) is 0 Å². The van der Waals surface area contributed by atoms with E-state index in [1.165, 1.54) is 36.1 Å². The van der Waals surface area contributed by atoms with Gasteiger partial charge in [-0.15, -0.1) is 0 Å². The summed E-state index contributed by atoms with van der Waals surface area (Å²) in [5, 5.41) is 4.24. The number of likely N-dealkylation sites (tertiary alicyclic amines) is 1. The van der Waals surface area contributed by atoms with E-state index in [4.69, 9.17) is 11.6 Å². The molecule has 1 atom stereocenters. The molecule has 0 bridgehead atoms. The maximum atomic E-state index is 6.09. The van der Waals surface area contributed by atoms with E-state index < -0.39 is 0 Å². The third-order valence-electron chi connectivity index (χ3n) is 3.96. The maximum Gasteiger partial charge on any atom is 0.0411 e. The van der Waals surface area contributed by atoms with Crippen molar-refractivity contribution in [2.45, 2.75) is 39.3 Å². The Morgan fingerprint density at radius 1 is 1.33 bits per heavy atom. The zero-order chi connectivity index (χ0) is 13.1. The van der Waals surface area contributed by atoms with Crippen LogP contribution in [-0.2, 0) is 6.54 Å². The van der Waals surface area contributed by atoms with Crippen LogP contribution in [0, 0.1) is 13.8 Å². The predicted molar refractivity (Wildman–Crippen MR) is 78.3 cm³/mol. The Bertz CT molecular complexity index is 394. The molecule has 1 fully saturated rings. The van der Waals surface area contributed by atoms with E-state index in [0.29, 0.717) is 6.04 Å². The fourth-order valence-electron chi connectivity index (χ4n) is 2.85. The Labute approximate surface area is 115 Å². The molecule has 3 heteroatoms. The van der Waals surface area contributed by atoms with E-state index in [1.807, 2.05) is 0 Å². The van der Waals surface area contributed by atoms with Gasteiger partial charge in [-0.25, -0.2) is 0 Å². The molecule has 1 heterocycles.